The maximum absolute atomic E-state index is 11.4. The number of carbonyl (C=O) groups excluding carboxylic acids is 1. The van der Waals surface area contributed by atoms with E-state index in [-0.39, 0.29) is 18.1 Å². The Hall–Kier alpha value is -0.940. The molecule has 0 amide bonds. The van der Waals surface area contributed by atoms with Crippen molar-refractivity contribution in [2.24, 2.45) is 5.92 Å². The summed E-state index contributed by atoms with van der Waals surface area (Å²) in [5, 5.41) is 18.0. The van der Waals surface area contributed by atoms with Crippen LogP contribution in [-0.4, -0.2) is 28.1 Å². The minimum absolute atomic E-state index is 0.0215. The number of ketones is 1. The molecule has 0 saturated carbocycles. The van der Waals surface area contributed by atoms with Crippen molar-refractivity contribution in [3.05, 3.63) is 22.2 Å². The minimum Gasteiger partial charge on any atom is -0.481 e. The van der Waals surface area contributed by atoms with E-state index in [1.807, 2.05) is 6.08 Å². The lowest BCUT2D eigenvalue weighted by Crippen LogP contribution is -2.08. The van der Waals surface area contributed by atoms with Crippen molar-refractivity contribution >= 4 is 27.7 Å². The van der Waals surface area contributed by atoms with Crippen molar-refractivity contribution in [1.29, 1.82) is 0 Å². The van der Waals surface area contributed by atoms with Gasteiger partial charge in [0.1, 0.15) is 0 Å². The van der Waals surface area contributed by atoms with Gasteiger partial charge in [0.15, 0.2) is 5.78 Å². The van der Waals surface area contributed by atoms with Gasteiger partial charge in [-0.15, -0.1) is 0 Å². The lowest BCUT2D eigenvalue weighted by molar-refractivity contribution is -0.141. The molecule has 1 rings (SSSR count). The fraction of sp³-hybridized carbons (Fsp3) is 0.538. The normalized spacial score (nSPS) is 21.9. The van der Waals surface area contributed by atoms with Crippen molar-refractivity contribution in [2.45, 2.75) is 38.7 Å². The van der Waals surface area contributed by atoms with E-state index in [1.165, 1.54) is 0 Å². The summed E-state index contributed by atoms with van der Waals surface area (Å²) >= 11 is 3.36. The molecule has 0 aromatic rings. The zero-order valence-corrected chi connectivity index (χ0v) is 11.8. The molecule has 0 bridgehead atoms. The highest BCUT2D eigenvalue weighted by Gasteiger charge is 2.22. The predicted molar refractivity (Wildman–Crippen MR) is 71.4 cm³/mol. The van der Waals surface area contributed by atoms with E-state index >= 15 is 0 Å². The van der Waals surface area contributed by atoms with E-state index in [2.05, 4.69) is 15.9 Å². The quantitative estimate of drug-likeness (QED) is 0.789. The van der Waals surface area contributed by atoms with Gasteiger partial charge < -0.3 is 10.2 Å². The summed E-state index contributed by atoms with van der Waals surface area (Å²) in [7, 11) is 0. The van der Waals surface area contributed by atoms with Crippen LogP contribution in [0.4, 0.5) is 0 Å². The first-order chi connectivity index (χ1) is 8.40. The Kier molecular flexibility index (Phi) is 5.75. The van der Waals surface area contributed by atoms with Crippen LogP contribution < -0.4 is 0 Å². The molecule has 0 spiro atoms. The summed E-state index contributed by atoms with van der Waals surface area (Å²) in [4.78, 5) is 22.1. The molecular formula is C13H17BrO4. The topological polar surface area (TPSA) is 74.6 Å². The lowest BCUT2D eigenvalue weighted by Gasteiger charge is -2.04. The fourth-order valence-corrected chi connectivity index (χ4v) is 2.26. The van der Waals surface area contributed by atoms with Crippen molar-refractivity contribution in [3.63, 3.8) is 0 Å². The Balaban J connectivity index is 2.41. The summed E-state index contributed by atoms with van der Waals surface area (Å²) in [6.07, 6.45) is 4.68. The second-order valence-electron chi connectivity index (χ2n) is 4.53. The zero-order chi connectivity index (χ0) is 13.7. The number of carboxylic acids is 1. The monoisotopic (exact) mass is 316 g/mol. The van der Waals surface area contributed by atoms with Crippen molar-refractivity contribution < 1.29 is 19.8 Å². The molecular weight excluding hydrogens is 300 g/mol. The van der Waals surface area contributed by atoms with Crippen molar-refractivity contribution in [1.82, 2.24) is 0 Å². The van der Waals surface area contributed by atoms with Crippen LogP contribution in [-0.2, 0) is 9.59 Å². The highest BCUT2D eigenvalue weighted by atomic mass is 79.9. The third-order valence-electron chi connectivity index (χ3n) is 2.89. The Morgan fingerprint density at radius 1 is 1.67 bits per heavy atom. The second-order valence-corrected chi connectivity index (χ2v) is 5.55. The van der Waals surface area contributed by atoms with E-state index in [0.717, 1.165) is 4.48 Å². The minimum atomic E-state index is -0.795. The molecule has 1 aliphatic carbocycles. The van der Waals surface area contributed by atoms with E-state index in [1.54, 1.807) is 13.0 Å². The predicted octanol–water partition coefficient (Wildman–Crippen LogP) is 2.42. The first-order valence-electron chi connectivity index (χ1n) is 5.89. The number of hydrogen-bond acceptors (Lipinski definition) is 3. The standard InChI is InChI=1S/C13H17BrO4/c1-8(13(17)18)3-2-4-10(14)5-9-6-11(15)7-12(9)16/h4,6,8,11,15H,2-3,5,7H2,1H3,(H,17,18)/b10-4-/t8-,11?/m1/s1. The molecule has 0 radical (unpaired) electrons. The number of allylic oxidation sites excluding steroid dienone is 3. The average molecular weight is 317 g/mol. The molecule has 0 saturated heterocycles. The Morgan fingerprint density at radius 3 is 2.83 bits per heavy atom. The van der Waals surface area contributed by atoms with Gasteiger partial charge in [0.2, 0.25) is 0 Å². The number of hydrogen-bond donors (Lipinski definition) is 2. The highest BCUT2D eigenvalue weighted by molar-refractivity contribution is 9.11. The number of aliphatic hydroxyl groups excluding tert-OH is 1. The molecule has 0 aromatic heterocycles. The molecule has 1 aliphatic rings. The van der Waals surface area contributed by atoms with Gasteiger partial charge >= 0.3 is 5.97 Å². The molecule has 0 fully saturated rings. The van der Waals surface area contributed by atoms with E-state index < -0.39 is 12.1 Å². The molecule has 0 aromatic carbocycles. The van der Waals surface area contributed by atoms with Crippen molar-refractivity contribution in [2.75, 3.05) is 0 Å². The Labute approximate surface area is 115 Å². The number of rotatable bonds is 6. The van der Waals surface area contributed by atoms with Gasteiger partial charge in [-0.2, -0.15) is 0 Å². The first kappa shape index (κ1) is 15.1. The summed E-state index contributed by atoms with van der Waals surface area (Å²) < 4.78 is 0.855. The van der Waals surface area contributed by atoms with Gasteiger partial charge in [-0.05, 0) is 29.0 Å². The molecule has 4 nitrogen and oxygen atoms in total. The van der Waals surface area contributed by atoms with Crippen LogP contribution in [0.3, 0.4) is 0 Å². The Bertz CT molecular complexity index is 398. The molecule has 0 heterocycles. The van der Waals surface area contributed by atoms with Gasteiger partial charge in [0.05, 0.1) is 12.0 Å². The largest absolute Gasteiger partial charge is 0.481 e. The molecule has 5 heteroatoms. The highest BCUT2D eigenvalue weighted by Crippen LogP contribution is 2.25. The molecule has 1 unspecified atom stereocenters. The van der Waals surface area contributed by atoms with Crippen LogP contribution >= 0.6 is 15.9 Å². The van der Waals surface area contributed by atoms with Crippen LogP contribution in [0.2, 0.25) is 0 Å². The Morgan fingerprint density at radius 2 is 2.33 bits per heavy atom. The van der Waals surface area contributed by atoms with Crippen LogP contribution in [0.1, 0.15) is 32.6 Å². The fourth-order valence-electron chi connectivity index (χ4n) is 1.73. The van der Waals surface area contributed by atoms with Crippen LogP contribution in [0.25, 0.3) is 0 Å². The van der Waals surface area contributed by atoms with E-state index in [4.69, 9.17) is 5.11 Å². The smallest absolute Gasteiger partial charge is 0.306 e. The van der Waals surface area contributed by atoms with Gasteiger partial charge in [-0.3, -0.25) is 9.59 Å². The van der Waals surface area contributed by atoms with Gasteiger partial charge in [0.25, 0.3) is 0 Å². The molecule has 2 N–H and O–H groups in total. The van der Waals surface area contributed by atoms with Crippen molar-refractivity contribution in [3.8, 4) is 0 Å². The van der Waals surface area contributed by atoms with Crippen LogP contribution in [0, 0.1) is 5.92 Å². The number of carbonyl (C=O) groups is 2. The second kappa shape index (κ2) is 6.85. The summed E-state index contributed by atoms with van der Waals surface area (Å²) in [6.45, 7) is 1.67. The van der Waals surface area contributed by atoms with E-state index in [9.17, 15) is 14.7 Å². The summed E-state index contributed by atoms with van der Waals surface area (Å²) in [5.41, 5.74) is 0.622. The summed E-state index contributed by atoms with van der Waals surface area (Å²) in [6, 6.07) is 0. The molecule has 0 aliphatic heterocycles. The summed E-state index contributed by atoms with van der Waals surface area (Å²) in [5.74, 6) is -1.18. The number of carboxylic acid groups (broad SMARTS) is 1. The number of aliphatic carboxylic acids is 1. The molecule has 100 valence electrons. The van der Waals surface area contributed by atoms with E-state index in [0.29, 0.717) is 24.8 Å². The maximum Gasteiger partial charge on any atom is 0.306 e. The zero-order valence-electron chi connectivity index (χ0n) is 10.2. The third-order valence-corrected chi connectivity index (χ3v) is 3.50. The van der Waals surface area contributed by atoms with Gasteiger partial charge in [-0.25, -0.2) is 0 Å². The van der Waals surface area contributed by atoms with Crippen LogP contribution in [0.5, 0.6) is 0 Å². The van der Waals surface area contributed by atoms with Gasteiger partial charge in [0, 0.05) is 12.8 Å². The average Bonchev–Trinajstić information content (AvgIpc) is 2.57. The lowest BCUT2D eigenvalue weighted by atomic mass is 10.1. The molecule has 18 heavy (non-hydrogen) atoms. The number of aliphatic hydroxyl groups is 1. The number of Topliss-reactive ketones (excluding diaryl/α,β-unsaturated/α-hetero) is 1. The number of halogens is 1. The SMILES string of the molecule is C[C@H](CC/C=C(\Br)CC1=CC(O)CC1=O)C(=O)O. The van der Waals surface area contributed by atoms with Crippen LogP contribution in [0.15, 0.2) is 22.2 Å². The first-order valence-corrected chi connectivity index (χ1v) is 6.68. The maximum atomic E-state index is 11.4. The van der Waals surface area contributed by atoms with Gasteiger partial charge in [-0.1, -0.05) is 28.9 Å². The molecule has 2 atom stereocenters. The third kappa shape index (κ3) is 4.74.